The van der Waals surface area contributed by atoms with Gasteiger partial charge in [-0.2, -0.15) is 18.8 Å². The van der Waals surface area contributed by atoms with E-state index in [2.05, 4.69) is 15.6 Å². The molecular formula is C26H21Cl3N6OS. The Morgan fingerprint density at radius 2 is 1.81 bits per heavy atom. The first-order valence-electron chi connectivity index (χ1n) is 10.7. The molecule has 37 heavy (non-hydrogen) atoms. The number of imidazole rings is 1. The van der Waals surface area contributed by atoms with E-state index in [-0.39, 0.29) is 19.5 Å². The Bertz CT molecular complexity index is 1440. The lowest BCUT2D eigenvalue weighted by Crippen LogP contribution is -2.36. The standard InChI is InChI=1S/C26H19Cl3N6O.H2S/c27-19-4-7-21(8-5-19)32-26(34-25(36)18-3-1-2-17(12-18)14-30)33-24(15-35-11-10-31-16-35)22-9-6-20(28)13-23(22)29;/h1-13,16,24H,15H2,(H2,32,33,34,36);1H2/t24-;/m1./s1. The topological polar surface area (TPSA) is 95.1 Å². The number of nitriles is 1. The maximum absolute atomic E-state index is 13.1. The van der Waals surface area contributed by atoms with Crippen molar-refractivity contribution < 1.29 is 4.79 Å². The molecule has 0 bridgehead atoms. The van der Waals surface area contributed by atoms with Gasteiger partial charge in [0.25, 0.3) is 5.91 Å². The average molecular weight is 572 g/mol. The predicted octanol–water partition coefficient (Wildman–Crippen LogP) is 6.47. The van der Waals surface area contributed by atoms with Crippen molar-refractivity contribution in [1.29, 1.82) is 5.26 Å². The maximum atomic E-state index is 13.1. The summed E-state index contributed by atoms with van der Waals surface area (Å²) in [5.74, 6) is -0.253. The molecule has 1 atom stereocenters. The number of aromatic nitrogens is 2. The molecule has 188 valence electrons. The molecule has 0 saturated carbocycles. The van der Waals surface area contributed by atoms with Crippen LogP contribution in [-0.2, 0) is 6.54 Å². The van der Waals surface area contributed by atoms with E-state index in [0.717, 1.165) is 0 Å². The molecule has 7 nitrogen and oxygen atoms in total. The van der Waals surface area contributed by atoms with E-state index in [1.165, 1.54) is 6.07 Å². The molecule has 0 radical (unpaired) electrons. The number of halogens is 3. The van der Waals surface area contributed by atoms with Crippen molar-refractivity contribution in [3.8, 4) is 6.07 Å². The molecule has 1 heterocycles. The number of hydrogen-bond donors (Lipinski definition) is 2. The number of guanidine groups is 1. The lowest BCUT2D eigenvalue weighted by molar-refractivity contribution is 0.0976. The predicted molar refractivity (Wildman–Crippen MR) is 153 cm³/mol. The van der Waals surface area contributed by atoms with Gasteiger partial charge in [0, 0.05) is 38.7 Å². The van der Waals surface area contributed by atoms with Gasteiger partial charge in [0.2, 0.25) is 5.96 Å². The highest BCUT2D eigenvalue weighted by molar-refractivity contribution is 7.59. The minimum atomic E-state index is -0.510. The molecule has 1 aromatic heterocycles. The number of aliphatic imine (C=N–C) groups is 1. The second-order valence-electron chi connectivity index (χ2n) is 7.70. The molecule has 0 spiro atoms. The van der Waals surface area contributed by atoms with Gasteiger partial charge in [0.15, 0.2) is 0 Å². The van der Waals surface area contributed by atoms with Gasteiger partial charge in [-0.05, 0) is 60.2 Å². The van der Waals surface area contributed by atoms with Crippen LogP contribution >= 0.6 is 48.3 Å². The van der Waals surface area contributed by atoms with Gasteiger partial charge in [0.05, 0.1) is 30.5 Å². The maximum Gasteiger partial charge on any atom is 0.258 e. The summed E-state index contributed by atoms with van der Waals surface area (Å²) in [6, 6.07) is 20.1. The van der Waals surface area contributed by atoms with Crippen molar-refractivity contribution >= 4 is 65.9 Å². The molecule has 0 aliphatic rings. The summed E-state index contributed by atoms with van der Waals surface area (Å²) in [6.45, 7) is 0.396. The van der Waals surface area contributed by atoms with Crippen molar-refractivity contribution in [3.05, 3.63) is 117 Å². The smallest absolute Gasteiger partial charge is 0.258 e. The number of nitrogens with zero attached hydrogens (tertiary/aromatic N) is 4. The molecule has 4 aromatic rings. The Labute approximate surface area is 236 Å². The molecule has 4 rings (SSSR count). The molecule has 0 unspecified atom stereocenters. The number of amides is 1. The summed E-state index contributed by atoms with van der Waals surface area (Å²) < 4.78 is 1.86. The van der Waals surface area contributed by atoms with Crippen molar-refractivity contribution in [2.45, 2.75) is 12.6 Å². The zero-order valence-electron chi connectivity index (χ0n) is 19.2. The van der Waals surface area contributed by atoms with Crippen molar-refractivity contribution in [3.63, 3.8) is 0 Å². The summed E-state index contributed by atoms with van der Waals surface area (Å²) in [5.41, 5.74) is 2.06. The molecule has 11 heteroatoms. The van der Waals surface area contributed by atoms with Crippen LogP contribution in [0.4, 0.5) is 5.69 Å². The lowest BCUT2D eigenvalue weighted by atomic mass is 10.1. The molecule has 1 amide bonds. The van der Waals surface area contributed by atoms with E-state index in [0.29, 0.717) is 44.0 Å². The molecule has 2 N–H and O–H groups in total. The third-order valence-corrected chi connectivity index (χ3v) is 5.96. The Kier molecular flexibility index (Phi) is 10.0. The fraction of sp³-hybridized carbons (Fsp3) is 0.0769. The summed E-state index contributed by atoms with van der Waals surface area (Å²) in [5, 5.41) is 16.7. The monoisotopic (exact) mass is 570 g/mol. The quantitative estimate of drug-likeness (QED) is 0.205. The second kappa shape index (κ2) is 13.2. The number of rotatable bonds is 6. The van der Waals surface area contributed by atoms with Gasteiger partial charge in [-0.25, -0.2) is 9.98 Å². The third-order valence-electron chi connectivity index (χ3n) is 5.14. The van der Waals surface area contributed by atoms with Gasteiger partial charge < -0.3 is 9.88 Å². The van der Waals surface area contributed by atoms with Gasteiger partial charge in [0.1, 0.15) is 0 Å². The van der Waals surface area contributed by atoms with Crippen LogP contribution in [0.25, 0.3) is 0 Å². The van der Waals surface area contributed by atoms with E-state index < -0.39 is 11.9 Å². The average Bonchev–Trinajstić information content (AvgIpc) is 3.38. The van der Waals surface area contributed by atoms with Crippen molar-refractivity contribution in [2.75, 3.05) is 5.32 Å². The van der Waals surface area contributed by atoms with Crippen LogP contribution in [0.3, 0.4) is 0 Å². The molecule has 0 aliphatic heterocycles. The van der Waals surface area contributed by atoms with Crippen molar-refractivity contribution in [2.24, 2.45) is 4.99 Å². The Morgan fingerprint density at radius 1 is 1.05 bits per heavy atom. The Morgan fingerprint density at radius 3 is 2.49 bits per heavy atom. The number of carbonyl (C=O) groups excluding carboxylic acids is 1. The molecule has 3 aromatic carbocycles. The fourth-order valence-corrected chi connectivity index (χ4v) is 4.07. The SMILES string of the molecule is N#Cc1cccc(C(=O)NC(=N[C@H](Cn2ccnc2)c2ccc(Cl)cc2Cl)Nc2ccc(Cl)cc2)c1.S. The van der Waals surface area contributed by atoms with Crippen LogP contribution in [0.1, 0.15) is 27.5 Å². The van der Waals surface area contributed by atoms with E-state index in [1.807, 2.05) is 16.8 Å². The zero-order chi connectivity index (χ0) is 25.5. The van der Waals surface area contributed by atoms with Gasteiger partial charge in [-0.3, -0.25) is 10.1 Å². The van der Waals surface area contributed by atoms with Gasteiger partial charge >= 0.3 is 0 Å². The van der Waals surface area contributed by atoms with Crippen LogP contribution in [0.15, 0.2) is 90.4 Å². The van der Waals surface area contributed by atoms with Gasteiger partial charge in [-0.1, -0.05) is 46.9 Å². The number of anilines is 1. The van der Waals surface area contributed by atoms with E-state index in [9.17, 15) is 10.1 Å². The Balaban J connectivity index is 0.00000380. The van der Waals surface area contributed by atoms with Crippen molar-refractivity contribution in [1.82, 2.24) is 14.9 Å². The largest absolute Gasteiger partial charge is 0.335 e. The zero-order valence-corrected chi connectivity index (χ0v) is 22.5. The number of carbonyl (C=O) groups is 1. The van der Waals surface area contributed by atoms with Gasteiger partial charge in [-0.15, -0.1) is 0 Å². The van der Waals surface area contributed by atoms with Crippen LogP contribution in [0, 0.1) is 11.3 Å². The first-order chi connectivity index (χ1) is 17.4. The second-order valence-corrected chi connectivity index (χ2v) is 8.98. The fourth-order valence-electron chi connectivity index (χ4n) is 3.41. The number of nitrogens with one attached hydrogen (secondary N) is 2. The molecular weight excluding hydrogens is 551 g/mol. The number of hydrogen-bond acceptors (Lipinski definition) is 4. The lowest BCUT2D eigenvalue weighted by Gasteiger charge is -2.19. The normalized spacial score (nSPS) is 11.7. The minimum absolute atomic E-state index is 0. The first-order valence-corrected chi connectivity index (χ1v) is 11.9. The van der Waals surface area contributed by atoms with E-state index in [4.69, 9.17) is 39.8 Å². The molecule has 0 aliphatic carbocycles. The third kappa shape index (κ3) is 7.75. The first kappa shape index (κ1) is 28.1. The van der Waals surface area contributed by atoms with Crippen LogP contribution in [-0.4, -0.2) is 21.4 Å². The minimum Gasteiger partial charge on any atom is -0.335 e. The highest BCUT2D eigenvalue weighted by Crippen LogP contribution is 2.30. The summed E-state index contributed by atoms with van der Waals surface area (Å²) in [7, 11) is 0. The van der Waals surface area contributed by atoms with E-state index >= 15 is 0 Å². The Hall–Kier alpha value is -3.48. The highest BCUT2D eigenvalue weighted by atomic mass is 35.5. The molecule has 0 saturated heterocycles. The van der Waals surface area contributed by atoms with Crippen LogP contribution in [0.2, 0.25) is 15.1 Å². The highest BCUT2D eigenvalue weighted by Gasteiger charge is 2.18. The number of benzene rings is 3. The summed E-state index contributed by atoms with van der Waals surface area (Å²) >= 11 is 18.7. The van der Waals surface area contributed by atoms with Crippen LogP contribution in [0.5, 0.6) is 0 Å². The summed E-state index contributed by atoms with van der Waals surface area (Å²) in [6.07, 6.45) is 5.15. The van der Waals surface area contributed by atoms with Crippen LogP contribution < -0.4 is 10.6 Å². The summed E-state index contributed by atoms with van der Waals surface area (Å²) in [4.78, 5) is 22.0. The molecule has 0 fully saturated rings. The van der Waals surface area contributed by atoms with E-state index in [1.54, 1.807) is 73.2 Å².